The van der Waals surface area contributed by atoms with Gasteiger partial charge >= 0.3 is 12.1 Å². The van der Waals surface area contributed by atoms with Gasteiger partial charge in [-0.1, -0.05) is 48.5 Å². The van der Waals surface area contributed by atoms with Crippen LogP contribution < -0.4 is 5.32 Å². The zero-order valence-electron chi connectivity index (χ0n) is 19.7. The summed E-state index contributed by atoms with van der Waals surface area (Å²) in [6, 6.07) is 15.0. The van der Waals surface area contributed by atoms with Gasteiger partial charge in [0.25, 0.3) is 0 Å². The summed E-state index contributed by atoms with van der Waals surface area (Å²) in [4.78, 5) is 38.3. The van der Waals surface area contributed by atoms with Crippen molar-refractivity contribution < 1.29 is 24.2 Å². The molecule has 1 aliphatic carbocycles. The highest BCUT2D eigenvalue weighted by Gasteiger charge is 2.34. The number of ether oxygens (including phenoxy) is 1. The molecule has 2 aromatic carbocycles. The van der Waals surface area contributed by atoms with Crippen LogP contribution in [0.4, 0.5) is 4.79 Å². The van der Waals surface area contributed by atoms with Gasteiger partial charge in [-0.3, -0.25) is 9.59 Å². The van der Waals surface area contributed by atoms with E-state index >= 15 is 0 Å². The van der Waals surface area contributed by atoms with Crippen molar-refractivity contribution in [1.82, 2.24) is 10.2 Å². The van der Waals surface area contributed by atoms with E-state index < -0.39 is 29.6 Å². The number of fused-ring (bicyclic) bond motifs is 3. The predicted octanol–water partition coefficient (Wildman–Crippen LogP) is 4.02. The van der Waals surface area contributed by atoms with Crippen LogP contribution in [0.5, 0.6) is 0 Å². The Balaban J connectivity index is 1.70. The van der Waals surface area contributed by atoms with E-state index in [1.165, 1.54) is 4.90 Å². The standard InChI is InChI=1S/C27H30N2O5/c1-5-10-23(25(32)29(27(2,3)4)16-15-24(30)31)28-26(33)34-17-22-20-13-8-6-11-18(20)19-12-7-9-14-21(19)22/h1,6-9,11-14,22-23H,10,15-17H2,2-4H3,(H,28,33)(H,30,31). The third kappa shape index (κ3) is 5.57. The molecule has 0 bridgehead atoms. The lowest BCUT2D eigenvalue weighted by Crippen LogP contribution is -2.55. The van der Waals surface area contributed by atoms with Gasteiger partial charge in [0.05, 0.1) is 6.42 Å². The van der Waals surface area contributed by atoms with E-state index in [0.717, 1.165) is 22.3 Å². The zero-order chi connectivity index (χ0) is 24.9. The van der Waals surface area contributed by atoms with Crippen molar-refractivity contribution in [3.63, 3.8) is 0 Å². The van der Waals surface area contributed by atoms with Crippen LogP contribution in [0.3, 0.4) is 0 Å². The molecule has 1 unspecified atom stereocenters. The lowest BCUT2D eigenvalue weighted by molar-refractivity contribution is -0.141. The van der Waals surface area contributed by atoms with Crippen molar-refractivity contribution in [2.24, 2.45) is 0 Å². The molecule has 3 rings (SSSR count). The maximum absolute atomic E-state index is 13.2. The summed E-state index contributed by atoms with van der Waals surface area (Å²) >= 11 is 0. The minimum Gasteiger partial charge on any atom is -0.481 e. The van der Waals surface area contributed by atoms with Crippen LogP contribution in [-0.4, -0.2) is 52.7 Å². The van der Waals surface area contributed by atoms with Crippen LogP contribution in [0, 0.1) is 12.3 Å². The van der Waals surface area contributed by atoms with Crippen LogP contribution in [0.1, 0.15) is 50.7 Å². The Morgan fingerprint density at radius 2 is 1.65 bits per heavy atom. The summed E-state index contributed by atoms with van der Waals surface area (Å²) < 4.78 is 5.55. The fourth-order valence-electron chi connectivity index (χ4n) is 4.27. The highest BCUT2D eigenvalue weighted by atomic mass is 16.5. The van der Waals surface area contributed by atoms with Crippen LogP contribution in [-0.2, 0) is 14.3 Å². The number of carboxylic acid groups (broad SMARTS) is 1. The first-order valence-corrected chi connectivity index (χ1v) is 11.2. The van der Waals surface area contributed by atoms with Gasteiger partial charge in [0.2, 0.25) is 5.91 Å². The number of rotatable bonds is 8. The molecule has 0 heterocycles. The van der Waals surface area contributed by atoms with Crippen molar-refractivity contribution in [1.29, 1.82) is 0 Å². The second-order valence-electron chi connectivity index (χ2n) is 9.24. The van der Waals surface area contributed by atoms with Gasteiger partial charge in [0, 0.05) is 24.4 Å². The number of carboxylic acids is 1. The molecule has 7 nitrogen and oxygen atoms in total. The molecule has 2 amide bonds. The van der Waals surface area contributed by atoms with E-state index in [4.69, 9.17) is 16.3 Å². The van der Waals surface area contributed by atoms with Gasteiger partial charge in [0.15, 0.2) is 0 Å². The number of alkyl carbamates (subject to hydrolysis) is 1. The number of benzene rings is 2. The summed E-state index contributed by atoms with van der Waals surface area (Å²) in [7, 11) is 0. The molecule has 0 fully saturated rings. The Bertz CT molecular complexity index is 1070. The average Bonchev–Trinajstić information content (AvgIpc) is 3.10. The number of amides is 2. The van der Waals surface area contributed by atoms with Gasteiger partial charge in [-0.15, -0.1) is 12.3 Å². The minimum atomic E-state index is -1.02. The first-order chi connectivity index (χ1) is 16.1. The topological polar surface area (TPSA) is 95.9 Å². The Hall–Kier alpha value is -3.79. The van der Waals surface area contributed by atoms with Crippen LogP contribution in [0.15, 0.2) is 48.5 Å². The number of hydrogen-bond acceptors (Lipinski definition) is 4. The molecular formula is C27H30N2O5. The molecule has 0 aliphatic heterocycles. The average molecular weight is 463 g/mol. The SMILES string of the molecule is C#CCC(NC(=O)OCC1c2ccccc2-c2ccccc21)C(=O)N(CCC(=O)O)C(C)(C)C. The molecule has 0 aromatic heterocycles. The molecule has 1 atom stereocenters. The van der Waals surface area contributed by atoms with Gasteiger partial charge in [-0.05, 0) is 43.0 Å². The van der Waals surface area contributed by atoms with E-state index in [0.29, 0.717) is 0 Å². The van der Waals surface area contributed by atoms with Gasteiger partial charge in [-0.25, -0.2) is 4.79 Å². The van der Waals surface area contributed by atoms with Crippen molar-refractivity contribution in [2.75, 3.05) is 13.2 Å². The Kier molecular flexibility index (Phi) is 7.62. The monoisotopic (exact) mass is 462 g/mol. The molecular weight excluding hydrogens is 432 g/mol. The number of carbonyl (C=O) groups excluding carboxylic acids is 2. The van der Waals surface area contributed by atoms with Crippen molar-refractivity contribution >= 4 is 18.0 Å². The van der Waals surface area contributed by atoms with E-state index in [1.54, 1.807) is 20.8 Å². The number of aliphatic carboxylic acids is 1. The summed E-state index contributed by atoms with van der Waals surface area (Å²) in [5, 5.41) is 11.6. The summed E-state index contributed by atoms with van der Waals surface area (Å²) in [6.45, 7) is 5.51. The number of nitrogens with zero attached hydrogens (tertiary/aromatic N) is 1. The Morgan fingerprint density at radius 1 is 1.09 bits per heavy atom. The molecule has 2 aromatic rings. The van der Waals surface area contributed by atoms with Crippen LogP contribution in [0.25, 0.3) is 11.1 Å². The largest absolute Gasteiger partial charge is 0.481 e. The third-order valence-electron chi connectivity index (χ3n) is 5.88. The van der Waals surface area contributed by atoms with Gasteiger partial charge in [0.1, 0.15) is 12.6 Å². The maximum atomic E-state index is 13.2. The summed E-state index contributed by atoms with van der Waals surface area (Å²) in [5.41, 5.74) is 3.75. The summed E-state index contributed by atoms with van der Waals surface area (Å²) in [6.07, 6.45) is 4.45. The van der Waals surface area contributed by atoms with E-state index in [1.807, 2.05) is 48.5 Å². The fraction of sp³-hybridized carbons (Fsp3) is 0.370. The van der Waals surface area contributed by atoms with Crippen LogP contribution >= 0.6 is 0 Å². The fourth-order valence-corrected chi connectivity index (χ4v) is 4.27. The lowest BCUT2D eigenvalue weighted by Gasteiger charge is -2.37. The van der Waals surface area contributed by atoms with Gasteiger partial charge in [-0.2, -0.15) is 0 Å². The Morgan fingerprint density at radius 3 is 2.15 bits per heavy atom. The molecule has 7 heteroatoms. The quantitative estimate of drug-likeness (QED) is 0.578. The highest BCUT2D eigenvalue weighted by Crippen LogP contribution is 2.44. The summed E-state index contributed by atoms with van der Waals surface area (Å²) in [5.74, 6) is 0.847. The smallest absolute Gasteiger partial charge is 0.407 e. The minimum absolute atomic E-state index is 0.00507. The first-order valence-electron chi connectivity index (χ1n) is 11.2. The third-order valence-corrected chi connectivity index (χ3v) is 5.88. The van der Waals surface area contributed by atoms with Crippen LogP contribution in [0.2, 0.25) is 0 Å². The second-order valence-corrected chi connectivity index (χ2v) is 9.24. The normalized spacial score (nSPS) is 13.2. The lowest BCUT2D eigenvalue weighted by atomic mass is 9.98. The number of terminal acetylenes is 1. The number of carbonyl (C=O) groups is 3. The highest BCUT2D eigenvalue weighted by molar-refractivity contribution is 5.87. The number of nitrogens with one attached hydrogen (secondary N) is 1. The molecule has 178 valence electrons. The molecule has 0 saturated carbocycles. The Labute approximate surface area is 200 Å². The molecule has 0 spiro atoms. The second kappa shape index (κ2) is 10.4. The molecule has 0 radical (unpaired) electrons. The van der Waals surface area contributed by atoms with E-state index in [-0.39, 0.29) is 31.9 Å². The molecule has 1 aliphatic rings. The van der Waals surface area contributed by atoms with Crippen molar-refractivity contribution in [3.05, 3.63) is 59.7 Å². The van der Waals surface area contributed by atoms with E-state index in [9.17, 15) is 14.4 Å². The predicted molar refractivity (Wildman–Crippen MR) is 129 cm³/mol. The molecule has 0 saturated heterocycles. The zero-order valence-corrected chi connectivity index (χ0v) is 19.7. The maximum Gasteiger partial charge on any atom is 0.407 e. The molecule has 2 N–H and O–H groups in total. The van der Waals surface area contributed by atoms with Crippen molar-refractivity contribution in [3.8, 4) is 23.5 Å². The van der Waals surface area contributed by atoms with E-state index in [2.05, 4.69) is 11.2 Å². The first kappa shape index (κ1) is 24.8. The molecule has 34 heavy (non-hydrogen) atoms. The van der Waals surface area contributed by atoms with Gasteiger partial charge < -0.3 is 20.1 Å². The number of hydrogen-bond donors (Lipinski definition) is 2. The van der Waals surface area contributed by atoms with Crippen molar-refractivity contribution in [2.45, 2.75) is 51.1 Å².